The SMILES string of the molecule is CC.CN1CCC(CN2CCC(N3CCN(C)CC3)CC2)CC1. The second kappa shape index (κ2) is 9.97. The predicted molar refractivity (Wildman–Crippen MR) is 100 cm³/mol. The molecule has 0 amide bonds. The van der Waals surface area contributed by atoms with Crippen LogP contribution >= 0.6 is 0 Å². The van der Waals surface area contributed by atoms with Gasteiger partial charge in [0.25, 0.3) is 0 Å². The number of hydrogen-bond donors (Lipinski definition) is 0. The molecule has 0 aromatic heterocycles. The summed E-state index contributed by atoms with van der Waals surface area (Å²) in [6, 6.07) is 0.868. The normalized spacial score (nSPS) is 27.7. The first-order valence-electron chi connectivity index (χ1n) is 10.0. The molecule has 0 saturated carbocycles. The fraction of sp³-hybridized carbons (Fsp3) is 1.00. The Morgan fingerprint density at radius 1 is 0.652 bits per heavy atom. The van der Waals surface area contributed by atoms with E-state index in [4.69, 9.17) is 0 Å². The Morgan fingerprint density at radius 3 is 1.74 bits per heavy atom. The van der Waals surface area contributed by atoms with Gasteiger partial charge < -0.3 is 14.7 Å². The molecular weight excluding hydrogens is 284 g/mol. The Morgan fingerprint density at radius 2 is 1.17 bits per heavy atom. The number of piperazine rings is 1. The number of likely N-dealkylation sites (tertiary alicyclic amines) is 2. The highest BCUT2D eigenvalue weighted by Gasteiger charge is 2.28. The molecule has 3 rings (SSSR count). The van der Waals surface area contributed by atoms with Gasteiger partial charge >= 0.3 is 0 Å². The van der Waals surface area contributed by atoms with Crippen LogP contribution in [-0.4, -0.2) is 98.6 Å². The van der Waals surface area contributed by atoms with Crippen molar-refractivity contribution in [1.29, 1.82) is 0 Å². The molecular formula is C19H40N4. The van der Waals surface area contributed by atoms with Crippen molar-refractivity contribution < 1.29 is 0 Å². The highest BCUT2D eigenvalue weighted by molar-refractivity contribution is 4.84. The van der Waals surface area contributed by atoms with Gasteiger partial charge in [-0.1, -0.05) is 13.8 Å². The highest BCUT2D eigenvalue weighted by Crippen LogP contribution is 2.22. The summed E-state index contributed by atoms with van der Waals surface area (Å²) in [5, 5.41) is 0. The lowest BCUT2D eigenvalue weighted by molar-refractivity contribution is 0.0587. The Kier molecular flexibility index (Phi) is 8.31. The van der Waals surface area contributed by atoms with Gasteiger partial charge in [0.2, 0.25) is 0 Å². The summed E-state index contributed by atoms with van der Waals surface area (Å²) >= 11 is 0. The molecule has 3 saturated heterocycles. The van der Waals surface area contributed by atoms with E-state index in [0.29, 0.717) is 0 Å². The van der Waals surface area contributed by atoms with E-state index in [9.17, 15) is 0 Å². The van der Waals surface area contributed by atoms with Crippen LogP contribution in [0.15, 0.2) is 0 Å². The van der Waals surface area contributed by atoms with Crippen LogP contribution < -0.4 is 0 Å². The van der Waals surface area contributed by atoms with E-state index < -0.39 is 0 Å². The van der Waals surface area contributed by atoms with E-state index in [-0.39, 0.29) is 0 Å². The number of nitrogens with zero attached hydrogens (tertiary/aromatic N) is 4. The monoisotopic (exact) mass is 324 g/mol. The van der Waals surface area contributed by atoms with E-state index in [1.165, 1.54) is 84.6 Å². The van der Waals surface area contributed by atoms with Gasteiger partial charge in [0.05, 0.1) is 0 Å². The van der Waals surface area contributed by atoms with Crippen molar-refractivity contribution in [3.05, 3.63) is 0 Å². The van der Waals surface area contributed by atoms with E-state index in [0.717, 1.165) is 12.0 Å². The van der Waals surface area contributed by atoms with Crippen LogP contribution in [0.3, 0.4) is 0 Å². The molecule has 136 valence electrons. The molecule has 23 heavy (non-hydrogen) atoms. The van der Waals surface area contributed by atoms with Crippen molar-refractivity contribution in [2.24, 2.45) is 5.92 Å². The molecule has 3 heterocycles. The van der Waals surface area contributed by atoms with Gasteiger partial charge in [-0.05, 0) is 71.9 Å². The number of piperidine rings is 2. The molecule has 4 heteroatoms. The molecule has 0 radical (unpaired) electrons. The molecule has 3 aliphatic heterocycles. The third kappa shape index (κ3) is 6.00. The van der Waals surface area contributed by atoms with Crippen molar-refractivity contribution in [3.8, 4) is 0 Å². The van der Waals surface area contributed by atoms with Gasteiger partial charge in [0.15, 0.2) is 0 Å². The summed E-state index contributed by atoms with van der Waals surface area (Å²) in [4.78, 5) is 10.5. The maximum Gasteiger partial charge on any atom is 0.0121 e. The molecule has 3 aliphatic rings. The molecule has 0 bridgehead atoms. The van der Waals surface area contributed by atoms with Crippen LogP contribution in [-0.2, 0) is 0 Å². The van der Waals surface area contributed by atoms with Crippen LogP contribution in [0.2, 0.25) is 0 Å². The summed E-state index contributed by atoms with van der Waals surface area (Å²) in [6.45, 7) is 15.7. The first-order valence-corrected chi connectivity index (χ1v) is 10.0. The van der Waals surface area contributed by atoms with Crippen molar-refractivity contribution in [3.63, 3.8) is 0 Å². The first-order chi connectivity index (χ1) is 11.2. The summed E-state index contributed by atoms with van der Waals surface area (Å²) in [5.41, 5.74) is 0. The van der Waals surface area contributed by atoms with E-state index in [1.54, 1.807) is 0 Å². The van der Waals surface area contributed by atoms with Gasteiger partial charge in [-0.2, -0.15) is 0 Å². The quantitative estimate of drug-likeness (QED) is 0.788. The fourth-order valence-corrected chi connectivity index (χ4v) is 4.26. The molecule has 0 aliphatic carbocycles. The summed E-state index contributed by atoms with van der Waals surface area (Å²) < 4.78 is 0. The fourth-order valence-electron chi connectivity index (χ4n) is 4.26. The smallest absolute Gasteiger partial charge is 0.0121 e. The zero-order valence-corrected chi connectivity index (χ0v) is 16.1. The molecule has 0 spiro atoms. The largest absolute Gasteiger partial charge is 0.306 e. The van der Waals surface area contributed by atoms with Crippen LogP contribution in [0.5, 0.6) is 0 Å². The van der Waals surface area contributed by atoms with Crippen molar-refractivity contribution in [2.75, 3.05) is 73.0 Å². The zero-order valence-electron chi connectivity index (χ0n) is 16.1. The number of rotatable bonds is 3. The molecule has 0 aromatic carbocycles. The minimum atomic E-state index is 0.868. The van der Waals surface area contributed by atoms with Gasteiger partial charge in [0, 0.05) is 38.8 Å². The second-order valence-corrected chi connectivity index (χ2v) is 7.62. The minimum absolute atomic E-state index is 0.868. The Hall–Kier alpha value is -0.160. The standard InChI is InChI=1S/C17H34N4.C2H6/c1-18-7-3-16(4-8-18)15-20-9-5-17(6-10-20)21-13-11-19(2)12-14-21;1-2/h16-17H,3-15H2,1-2H3;1-2H3. The topological polar surface area (TPSA) is 13.0 Å². The molecule has 0 N–H and O–H groups in total. The van der Waals surface area contributed by atoms with E-state index in [2.05, 4.69) is 33.7 Å². The maximum atomic E-state index is 2.76. The minimum Gasteiger partial charge on any atom is -0.306 e. The van der Waals surface area contributed by atoms with Crippen LogP contribution in [0.4, 0.5) is 0 Å². The second-order valence-electron chi connectivity index (χ2n) is 7.62. The van der Waals surface area contributed by atoms with Crippen molar-refractivity contribution in [2.45, 2.75) is 45.6 Å². The number of likely N-dealkylation sites (N-methyl/N-ethyl adjacent to an activating group) is 1. The molecule has 0 unspecified atom stereocenters. The predicted octanol–water partition coefficient (Wildman–Crippen LogP) is 2.07. The van der Waals surface area contributed by atoms with Crippen molar-refractivity contribution in [1.82, 2.24) is 19.6 Å². The number of hydrogen-bond acceptors (Lipinski definition) is 4. The van der Waals surface area contributed by atoms with Gasteiger partial charge in [-0.3, -0.25) is 4.90 Å². The van der Waals surface area contributed by atoms with Crippen LogP contribution in [0.1, 0.15) is 39.5 Å². The third-order valence-corrected chi connectivity index (χ3v) is 5.97. The van der Waals surface area contributed by atoms with E-state index in [1.807, 2.05) is 13.8 Å². The molecule has 0 aromatic rings. The van der Waals surface area contributed by atoms with E-state index >= 15 is 0 Å². The average Bonchev–Trinajstić information content (AvgIpc) is 2.60. The van der Waals surface area contributed by atoms with Gasteiger partial charge in [0.1, 0.15) is 0 Å². The summed E-state index contributed by atoms with van der Waals surface area (Å²) in [6.07, 6.45) is 5.62. The lowest BCUT2D eigenvalue weighted by Crippen LogP contribution is -2.52. The zero-order chi connectivity index (χ0) is 16.7. The lowest BCUT2D eigenvalue weighted by Gasteiger charge is -2.43. The average molecular weight is 325 g/mol. The molecule has 4 nitrogen and oxygen atoms in total. The van der Waals surface area contributed by atoms with Crippen molar-refractivity contribution >= 4 is 0 Å². The molecule has 3 fully saturated rings. The summed E-state index contributed by atoms with van der Waals surface area (Å²) in [7, 11) is 4.51. The first kappa shape index (κ1) is 19.2. The molecule has 0 atom stereocenters. The lowest BCUT2D eigenvalue weighted by atomic mass is 9.94. The Bertz CT molecular complexity index is 298. The van der Waals surface area contributed by atoms with Crippen LogP contribution in [0, 0.1) is 5.92 Å². The summed E-state index contributed by atoms with van der Waals surface area (Å²) in [5.74, 6) is 0.960. The van der Waals surface area contributed by atoms with Crippen LogP contribution in [0.25, 0.3) is 0 Å². The van der Waals surface area contributed by atoms with Gasteiger partial charge in [-0.25, -0.2) is 0 Å². The van der Waals surface area contributed by atoms with Gasteiger partial charge in [-0.15, -0.1) is 0 Å². The Labute approximate surface area is 144 Å². The maximum absolute atomic E-state index is 2.76. The Balaban J connectivity index is 0.000000924. The third-order valence-electron chi connectivity index (χ3n) is 5.97. The highest BCUT2D eigenvalue weighted by atomic mass is 15.3.